The van der Waals surface area contributed by atoms with Gasteiger partial charge in [-0.3, -0.25) is 14.4 Å². The molecule has 0 heterocycles. The fourth-order valence-corrected chi connectivity index (χ4v) is 4.60. The number of amides is 1. The van der Waals surface area contributed by atoms with Crippen LogP contribution in [-0.2, 0) is 14.4 Å². The molecule has 0 aromatic heterocycles. The smallest absolute Gasteiger partial charge is 0.239 e. The van der Waals surface area contributed by atoms with Gasteiger partial charge in [-0.2, -0.15) is 0 Å². The molecule has 0 spiro atoms. The fraction of sp³-hybridized carbons (Fsp3) is 0.471. The Labute approximate surface area is 144 Å². The van der Waals surface area contributed by atoms with Gasteiger partial charge in [-0.25, -0.2) is 0 Å². The lowest BCUT2D eigenvalue weighted by Gasteiger charge is -2.37. The Kier molecular flexibility index (Phi) is 3.44. The van der Waals surface area contributed by atoms with Gasteiger partial charge in [0.1, 0.15) is 5.41 Å². The molecule has 2 fully saturated rings. The van der Waals surface area contributed by atoms with Crippen molar-refractivity contribution < 1.29 is 14.4 Å². The topological polar surface area (TPSA) is 63.2 Å². The third-order valence-corrected chi connectivity index (χ3v) is 6.76. The molecule has 0 radical (unpaired) electrons. The summed E-state index contributed by atoms with van der Waals surface area (Å²) >= 11 is 12.2. The van der Waals surface area contributed by atoms with Crippen LogP contribution in [0.4, 0.5) is 5.69 Å². The van der Waals surface area contributed by atoms with Crippen LogP contribution in [-0.4, -0.2) is 17.5 Å². The molecule has 3 rings (SSSR count). The average molecular weight is 354 g/mol. The monoisotopic (exact) mass is 353 g/mol. The first kappa shape index (κ1) is 16.5. The number of rotatable bonds is 2. The molecule has 2 aliphatic carbocycles. The van der Waals surface area contributed by atoms with Crippen LogP contribution in [0, 0.1) is 16.2 Å². The van der Waals surface area contributed by atoms with Crippen LogP contribution in [0.3, 0.4) is 0 Å². The maximum atomic E-state index is 13.0. The van der Waals surface area contributed by atoms with E-state index in [0.29, 0.717) is 12.8 Å². The number of carbonyl (C=O) groups excluding carboxylic acids is 3. The maximum absolute atomic E-state index is 13.0. The summed E-state index contributed by atoms with van der Waals surface area (Å²) in [5.74, 6) is -1.55. The van der Waals surface area contributed by atoms with Crippen LogP contribution in [0.2, 0.25) is 10.0 Å². The van der Waals surface area contributed by atoms with Crippen molar-refractivity contribution in [1.29, 1.82) is 0 Å². The molecule has 2 bridgehead atoms. The van der Waals surface area contributed by atoms with E-state index in [0.717, 1.165) is 0 Å². The Hall–Kier alpha value is -1.39. The summed E-state index contributed by atoms with van der Waals surface area (Å²) in [6.45, 7) is 5.41. The number of benzene rings is 1. The van der Waals surface area contributed by atoms with Gasteiger partial charge in [-0.15, -0.1) is 0 Å². The van der Waals surface area contributed by atoms with Crippen molar-refractivity contribution in [3.63, 3.8) is 0 Å². The second-order valence-corrected chi connectivity index (χ2v) is 7.89. The third kappa shape index (κ3) is 1.76. The Bertz CT molecular complexity index is 738. The van der Waals surface area contributed by atoms with E-state index in [4.69, 9.17) is 23.2 Å². The normalized spacial score (nSPS) is 31.5. The molecule has 2 aliphatic rings. The minimum atomic E-state index is -1.36. The number of carbonyl (C=O) groups is 3. The van der Waals surface area contributed by atoms with E-state index < -0.39 is 33.7 Å². The largest absolute Gasteiger partial charge is 0.323 e. The Morgan fingerprint density at radius 1 is 1.04 bits per heavy atom. The van der Waals surface area contributed by atoms with Crippen molar-refractivity contribution in [2.75, 3.05) is 5.32 Å². The van der Waals surface area contributed by atoms with Gasteiger partial charge >= 0.3 is 0 Å². The van der Waals surface area contributed by atoms with Crippen LogP contribution in [0.1, 0.15) is 33.6 Å². The highest BCUT2D eigenvalue weighted by Crippen LogP contribution is 2.69. The Morgan fingerprint density at radius 2 is 1.61 bits per heavy atom. The molecule has 122 valence electrons. The first-order valence-electron chi connectivity index (χ1n) is 7.44. The number of hydrogen-bond acceptors (Lipinski definition) is 3. The highest BCUT2D eigenvalue weighted by Gasteiger charge is 2.77. The van der Waals surface area contributed by atoms with E-state index in [-0.39, 0.29) is 15.7 Å². The summed E-state index contributed by atoms with van der Waals surface area (Å²) in [6.07, 6.45) is 0.878. The molecular formula is C17H17Cl2NO3. The fourth-order valence-electron chi connectivity index (χ4n) is 4.11. The van der Waals surface area contributed by atoms with E-state index in [9.17, 15) is 14.4 Å². The van der Waals surface area contributed by atoms with Crippen molar-refractivity contribution >= 4 is 46.4 Å². The molecule has 2 atom stereocenters. The lowest BCUT2D eigenvalue weighted by molar-refractivity contribution is -0.147. The number of hydrogen-bond donors (Lipinski definition) is 1. The zero-order valence-corrected chi connectivity index (χ0v) is 14.6. The molecule has 1 aromatic rings. The first-order chi connectivity index (χ1) is 10.6. The molecule has 0 aliphatic heterocycles. The predicted molar refractivity (Wildman–Crippen MR) is 88.7 cm³/mol. The number of nitrogens with one attached hydrogen (secondary N) is 1. The summed E-state index contributed by atoms with van der Waals surface area (Å²) in [4.78, 5) is 38.1. The number of halogens is 2. The van der Waals surface area contributed by atoms with Crippen LogP contribution >= 0.6 is 23.2 Å². The molecule has 0 unspecified atom stereocenters. The first-order valence-corrected chi connectivity index (χ1v) is 8.20. The van der Waals surface area contributed by atoms with Crippen molar-refractivity contribution in [2.24, 2.45) is 16.2 Å². The second-order valence-electron chi connectivity index (χ2n) is 7.07. The highest BCUT2D eigenvalue weighted by atomic mass is 35.5. The summed E-state index contributed by atoms with van der Waals surface area (Å²) in [7, 11) is 0. The van der Waals surface area contributed by atoms with E-state index >= 15 is 0 Å². The van der Waals surface area contributed by atoms with E-state index in [1.807, 2.05) is 13.8 Å². The van der Waals surface area contributed by atoms with E-state index in [1.165, 1.54) is 0 Å². The van der Waals surface area contributed by atoms with Gasteiger partial charge in [-0.1, -0.05) is 50.0 Å². The number of fused-ring (bicyclic) bond motifs is 2. The molecule has 6 heteroatoms. The Balaban J connectivity index is 2.06. The standard InChI is InChI=1S/C17H17Cl2NO3/c1-15(2)16(3)7-8-17(15,13(22)12(16)21)14(23)20-11-9(18)5-4-6-10(11)19/h4-6H,7-8H2,1-3H3,(H,20,23)/t16-,17+/m1/s1. The van der Waals surface area contributed by atoms with Crippen LogP contribution in [0.5, 0.6) is 0 Å². The minimum absolute atomic E-state index is 0.270. The van der Waals surface area contributed by atoms with Crippen molar-refractivity contribution in [2.45, 2.75) is 33.6 Å². The van der Waals surface area contributed by atoms with Crippen molar-refractivity contribution in [1.82, 2.24) is 0 Å². The van der Waals surface area contributed by atoms with Crippen LogP contribution in [0.15, 0.2) is 18.2 Å². The quantitative estimate of drug-likeness (QED) is 0.647. The van der Waals surface area contributed by atoms with Crippen LogP contribution < -0.4 is 5.32 Å². The lowest BCUT2D eigenvalue weighted by atomic mass is 9.64. The number of anilines is 1. The van der Waals surface area contributed by atoms with Gasteiger partial charge in [0.15, 0.2) is 0 Å². The SMILES string of the molecule is CC1(C)[C@@]2(C(=O)Nc3c(Cl)cccc3Cl)CC[C@]1(C)C(=O)C2=O. The zero-order valence-electron chi connectivity index (χ0n) is 13.1. The predicted octanol–water partition coefficient (Wildman–Crippen LogP) is 3.90. The summed E-state index contributed by atoms with van der Waals surface area (Å²) < 4.78 is 0. The molecular weight excluding hydrogens is 337 g/mol. The summed E-state index contributed by atoms with van der Waals surface area (Å²) in [6, 6.07) is 4.87. The van der Waals surface area contributed by atoms with E-state index in [1.54, 1.807) is 25.1 Å². The zero-order chi connectivity index (χ0) is 17.2. The molecule has 1 aromatic carbocycles. The van der Waals surface area contributed by atoms with Crippen molar-refractivity contribution in [3.05, 3.63) is 28.2 Å². The number of ketones is 2. The third-order valence-electron chi connectivity index (χ3n) is 6.13. The molecule has 0 saturated heterocycles. The number of para-hydroxylation sites is 1. The van der Waals surface area contributed by atoms with Gasteiger partial charge in [0.05, 0.1) is 15.7 Å². The summed E-state index contributed by atoms with van der Waals surface area (Å²) in [5, 5.41) is 3.27. The number of Topliss-reactive ketones (excluding diaryl/α,β-unsaturated/α-hetero) is 2. The van der Waals surface area contributed by atoms with Gasteiger partial charge in [0.2, 0.25) is 17.5 Å². The van der Waals surface area contributed by atoms with Crippen molar-refractivity contribution in [3.8, 4) is 0 Å². The van der Waals surface area contributed by atoms with Gasteiger partial charge in [0.25, 0.3) is 0 Å². The molecule has 23 heavy (non-hydrogen) atoms. The van der Waals surface area contributed by atoms with Crippen LogP contribution in [0.25, 0.3) is 0 Å². The van der Waals surface area contributed by atoms with Gasteiger partial charge < -0.3 is 5.32 Å². The van der Waals surface area contributed by atoms with Gasteiger partial charge in [0, 0.05) is 5.41 Å². The summed E-state index contributed by atoms with van der Waals surface area (Å²) in [5.41, 5.74) is -2.65. The molecule has 1 amide bonds. The molecule has 2 saturated carbocycles. The van der Waals surface area contributed by atoms with Gasteiger partial charge in [-0.05, 0) is 30.4 Å². The average Bonchev–Trinajstić information content (AvgIpc) is 2.75. The lowest BCUT2D eigenvalue weighted by Crippen LogP contribution is -2.47. The van der Waals surface area contributed by atoms with E-state index in [2.05, 4.69) is 5.32 Å². The Morgan fingerprint density at radius 3 is 2.09 bits per heavy atom. The minimum Gasteiger partial charge on any atom is -0.323 e. The molecule has 4 nitrogen and oxygen atoms in total. The molecule has 1 N–H and O–H groups in total. The maximum Gasteiger partial charge on any atom is 0.239 e. The highest BCUT2D eigenvalue weighted by molar-refractivity contribution is 6.49. The second kappa shape index (κ2) is 4.81.